The van der Waals surface area contributed by atoms with Crippen LogP contribution >= 0.6 is 0 Å². The van der Waals surface area contributed by atoms with Gasteiger partial charge in [0.05, 0.1) is 6.54 Å². The molecule has 1 aromatic heterocycles. The maximum atomic E-state index is 12.0. The van der Waals surface area contributed by atoms with Gasteiger partial charge in [-0.3, -0.25) is 9.59 Å². The largest absolute Gasteiger partial charge is 0.356 e. The Morgan fingerprint density at radius 3 is 2.79 bits per heavy atom. The molecule has 104 valence electrons. The van der Waals surface area contributed by atoms with Gasteiger partial charge in [0.2, 0.25) is 5.91 Å². The van der Waals surface area contributed by atoms with E-state index in [0.29, 0.717) is 6.54 Å². The predicted molar refractivity (Wildman–Crippen MR) is 73.1 cm³/mol. The van der Waals surface area contributed by atoms with Crippen LogP contribution in [0.5, 0.6) is 0 Å². The number of aromatic nitrogens is 2. The summed E-state index contributed by atoms with van der Waals surface area (Å²) in [6.45, 7) is 4.26. The second-order valence-electron chi connectivity index (χ2n) is 4.66. The number of piperidine rings is 1. The molecule has 2 heterocycles. The first kappa shape index (κ1) is 13.6. The Kier molecular flexibility index (Phi) is 4.54. The van der Waals surface area contributed by atoms with Crippen LogP contribution < -0.4 is 10.9 Å². The van der Waals surface area contributed by atoms with E-state index >= 15 is 0 Å². The molecule has 0 bridgehead atoms. The summed E-state index contributed by atoms with van der Waals surface area (Å²) < 4.78 is 1.56. The zero-order valence-corrected chi connectivity index (χ0v) is 11.3. The Morgan fingerprint density at radius 1 is 1.37 bits per heavy atom. The summed E-state index contributed by atoms with van der Waals surface area (Å²) in [5.41, 5.74) is -0.184. The van der Waals surface area contributed by atoms with E-state index in [0.717, 1.165) is 25.9 Å². The summed E-state index contributed by atoms with van der Waals surface area (Å²) in [5, 5.41) is 2.85. The first-order chi connectivity index (χ1) is 9.22. The van der Waals surface area contributed by atoms with Crippen molar-refractivity contribution < 1.29 is 4.79 Å². The van der Waals surface area contributed by atoms with Gasteiger partial charge in [-0.1, -0.05) is 0 Å². The number of hydrogen-bond donors (Lipinski definition) is 1. The number of carbonyl (C=O) groups excluding carboxylic acids is 1. The molecule has 0 aliphatic carbocycles. The average molecular weight is 264 g/mol. The number of amides is 1. The van der Waals surface area contributed by atoms with Crippen molar-refractivity contribution in [3.8, 4) is 0 Å². The molecule has 1 aromatic rings. The van der Waals surface area contributed by atoms with Gasteiger partial charge in [0.25, 0.3) is 5.56 Å². The molecule has 2 rings (SSSR count). The van der Waals surface area contributed by atoms with E-state index in [2.05, 4.69) is 10.3 Å². The van der Waals surface area contributed by atoms with Crippen molar-refractivity contribution in [1.29, 1.82) is 0 Å². The van der Waals surface area contributed by atoms with Crippen LogP contribution in [0.3, 0.4) is 0 Å². The molecule has 1 amide bonds. The molecule has 0 aromatic carbocycles. The topological polar surface area (TPSA) is 67.2 Å². The van der Waals surface area contributed by atoms with E-state index in [1.807, 2.05) is 11.8 Å². The molecule has 1 fully saturated rings. The van der Waals surface area contributed by atoms with Gasteiger partial charge in [-0.2, -0.15) is 0 Å². The Morgan fingerprint density at radius 2 is 2.11 bits per heavy atom. The lowest BCUT2D eigenvalue weighted by Gasteiger charge is -2.26. The molecule has 1 aliphatic heterocycles. The number of carbonyl (C=O) groups is 1. The highest BCUT2D eigenvalue weighted by Crippen LogP contribution is 2.08. The van der Waals surface area contributed by atoms with Gasteiger partial charge in [0.15, 0.2) is 5.82 Å². The number of rotatable bonds is 4. The van der Waals surface area contributed by atoms with Crippen molar-refractivity contribution in [3.63, 3.8) is 0 Å². The van der Waals surface area contributed by atoms with Crippen molar-refractivity contribution in [2.75, 3.05) is 25.0 Å². The lowest BCUT2D eigenvalue weighted by atomic mass is 10.1. The highest BCUT2D eigenvalue weighted by molar-refractivity contribution is 5.80. The number of nitrogens with one attached hydrogen (secondary N) is 1. The first-order valence-corrected chi connectivity index (χ1v) is 6.79. The van der Waals surface area contributed by atoms with Gasteiger partial charge in [-0.05, 0) is 26.2 Å². The van der Waals surface area contributed by atoms with E-state index in [9.17, 15) is 9.59 Å². The minimum absolute atomic E-state index is 0.0350. The number of hydrogen-bond acceptors (Lipinski definition) is 4. The zero-order valence-electron chi connectivity index (χ0n) is 11.3. The van der Waals surface area contributed by atoms with Crippen molar-refractivity contribution in [1.82, 2.24) is 14.5 Å². The highest BCUT2D eigenvalue weighted by Gasteiger charge is 2.16. The van der Waals surface area contributed by atoms with E-state index in [1.165, 1.54) is 6.42 Å². The Bertz CT molecular complexity index is 492. The standard InChI is InChI=1S/C13H20N4O2/c1-2-16-9-6-14-12(13(16)19)15-10-11(18)17-7-4-3-5-8-17/h6,9H,2-5,7-8,10H2,1H3,(H,14,15). The Hall–Kier alpha value is -1.85. The second-order valence-corrected chi connectivity index (χ2v) is 4.66. The van der Waals surface area contributed by atoms with Gasteiger partial charge in [-0.25, -0.2) is 4.98 Å². The molecule has 0 spiro atoms. The lowest BCUT2D eigenvalue weighted by Crippen LogP contribution is -2.39. The maximum absolute atomic E-state index is 12.0. The molecule has 6 nitrogen and oxygen atoms in total. The number of aryl methyl sites for hydroxylation is 1. The zero-order chi connectivity index (χ0) is 13.7. The molecule has 1 aliphatic rings. The molecule has 0 saturated carbocycles. The van der Waals surface area contributed by atoms with Crippen LogP contribution in [-0.4, -0.2) is 40.0 Å². The third-order valence-corrected chi connectivity index (χ3v) is 3.37. The minimum atomic E-state index is -0.184. The molecule has 6 heteroatoms. The van der Waals surface area contributed by atoms with Gasteiger partial charge in [0, 0.05) is 32.0 Å². The van der Waals surface area contributed by atoms with E-state index in [-0.39, 0.29) is 23.8 Å². The molecule has 1 N–H and O–H groups in total. The van der Waals surface area contributed by atoms with Crippen molar-refractivity contribution in [3.05, 3.63) is 22.7 Å². The third-order valence-electron chi connectivity index (χ3n) is 3.37. The van der Waals surface area contributed by atoms with Gasteiger partial charge < -0.3 is 14.8 Å². The van der Waals surface area contributed by atoms with Crippen molar-refractivity contribution in [2.24, 2.45) is 0 Å². The van der Waals surface area contributed by atoms with Gasteiger partial charge in [-0.15, -0.1) is 0 Å². The summed E-state index contributed by atoms with van der Waals surface area (Å²) >= 11 is 0. The summed E-state index contributed by atoms with van der Waals surface area (Å²) in [6.07, 6.45) is 6.53. The van der Waals surface area contributed by atoms with Crippen molar-refractivity contribution in [2.45, 2.75) is 32.7 Å². The van der Waals surface area contributed by atoms with Crippen LogP contribution in [0.1, 0.15) is 26.2 Å². The monoisotopic (exact) mass is 264 g/mol. The summed E-state index contributed by atoms with van der Waals surface area (Å²) in [7, 11) is 0. The molecular formula is C13H20N4O2. The van der Waals surface area contributed by atoms with Crippen LogP contribution in [0.15, 0.2) is 17.2 Å². The van der Waals surface area contributed by atoms with E-state index < -0.39 is 0 Å². The van der Waals surface area contributed by atoms with Gasteiger partial charge >= 0.3 is 0 Å². The first-order valence-electron chi connectivity index (χ1n) is 6.79. The molecule has 1 saturated heterocycles. The molecule has 19 heavy (non-hydrogen) atoms. The summed E-state index contributed by atoms with van der Waals surface area (Å²) in [5.74, 6) is 0.280. The fourth-order valence-corrected chi connectivity index (χ4v) is 2.23. The van der Waals surface area contributed by atoms with Crippen molar-refractivity contribution >= 4 is 11.7 Å². The maximum Gasteiger partial charge on any atom is 0.293 e. The number of nitrogens with zero attached hydrogens (tertiary/aromatic N) is 3. The minimum Gasteiger partial charge on any atom is -0.356 e. The molecule has 0 unspecified atom stereocenters. The number of anilines is 1. The van der Waals surface area contributed by atoms with Gasteiger partial charge in [0.1, 0.15) is 0 Å². The number of likely N-dealkylation sites (tertiary alicyclic amines) is 1. The molecular weight excluding hydrogens is 244 g/mol. The summed E-state index contributed by atoms with van der Waals surface area (Å²) in [4.78, 5) is 29.7. The Balaban J connectivity index is 1.95. The van der Waals surface area contributed by atoms with E-state index in [4.69, 9.17) is 0 Å². The third kappa shape index (κ3) is 3.33. The quantitative estimate of drug-likeness (QED) is 0.868. The normalized spacial score (nSPS) is 15.3. The van der Waals surface area contributed by atoms with Crippen LogP contribution in [0.4, 0.5) is 5.82 Å². The second kappa shape index (κ2) is 6.36. The fourth-order valence-electron chi connectivity index (χ4n) is 2.23. The molecule has 0 radical (unpaired) electrons. The predicted octanol–water partition coefficient (Wildman–Crippen LogP) is 0.688. The summed E-state index contributed by atoms with van der Waals surface area (Å²) in [6, 6.07) is 0. The van der Waals surface area contributed by atoms with Crippen LogP contribution in [0.25, 0.3) is 0 Å². The van der Waals surface area contributed by atoms with Crippen LogP contribution in [0.2, 0.25) is 0 Å². The smallest absolute Gasteiger partial charge is 0.293 e. The van der Waals surface area contributed by atoms with Crippen LogP contribution in [-0.2, 0) is 11.3 Å². The highest BCUT2D eigenvalue weighted by atomic mass is 16.2. The average Bonchev–Trinajstić information content (AvgIpc) is 2.47. The van der Waals surface area contributed by atoms with Crippen LogP contribution in [0, 0.1) is 0 Å². The molecule has 0 atom stereocenters. The van der Waals surface area contributed by atoms with E-state index in [1.54, 1.807) is 17.0 Å². The SMILES string of the molecule is CCn1ccnc(NCC(=O)N2CCCCC2)c1=O. The lowest BCUT2D eigenvalue weighted by molar-refractivity contribution is -0.130. The fraction of sp³-hybridized carbons (Fsp3) is 0.615. The Labute approximate surface area is 112 Å².